The molecule has 0 N–H and O–H groups in total. The predicted molar refractivity (Wildman–Crippen MR) is 121 cm³/mol. The van der Waals surface area contributed by atoms with E-state index in [-0.39, 0.29) is 5.97 Å². The lowest BCUT2D eigenvalue weighted by atomic mass is 10.0. The van der Waals surface area contributed by atoms with E-state index in [1.807, 2.05) is 0 Å². The first-order valence-electron chi connectivity index (χ1n) is 11.4. The third kappa shape index (κ3) is 11.2. The predicted octanol–water partition coefficient (Wildman–Crippen LogP) is 6.24. The zero-order valence-electron chi connectivity index (χ0n) is 18.4. The number of nitrogens with zero attached hydrogens (tertiary/aromatic N) is 1. The van der Waals surface area contributed by atoms with Crippen LogP contribution in [0.2, 0.25) is 5.02 Å². The molecule has 0 saturated carbocycles. The van der Waals surface area contributed by atoms with Crippen LogP contribution in [0, 0.1) is 0 Å². The van der Waals surface area contributed by atoms with E-state index in [9.17, 15) is 9.59 Å². The molecule has 0 amide bonds. The lowest BCUT2D eigenvalue weighted by molar-refractivity contribution is -0.151. The molecule has 0 spiro atoms. The maximum Gasteiger partial charge on any atom is 0.374 e. The van der Waals surface area contributed by atoms with Crippen LogP contribution < -0.4 is 4.74 Å². The van der Waals surface area contributed by atoms with Crippen LogP contribution in [0.5, 0.6) is 5.75 Å². The van der Waals surface area contributed by atoms with Crippen molar-refractivity contribution in [2.45, 2.75) is 90.1 Å². The van der Waals surface area contributed by atoms with Crippen LogP contribution in [0.1, 0.15) is 84.0 Å². The first-order chi connectivity index (χ1) is 15.0. The fourth-order valence-corrected chi connectivity index (χ4v) is 3.57. The quantitative estimate of drug-likeness (QED) is 0.307. The average molecular weight is 452 g/mol. The highest BCUT2D eigenvalue weighted by Crippen LogP contribution is 2.19. The summed E-state index contributed by atoms with van der Waals surface area (Å²) in [4.78, 5) is 29.2. The van der Waals surface area contributed by atoms with Gasteiger partial charge < -0.3 is 14.3 Å². The van der Waals surface area contributed by atoms with Gasteiger partial charge in [0.2, 0.25) is 0 Å². The molecule has 7 heteroatoms. The summed E-state index contributed by atoms with van der Waals surface area (Å²) < 4.78 is 10.9. The van der Waals surface area contributed by atoms with Gasteiger partial charge in [0.15, 0.2) is 6.10 Å². The van der Waals surface area contributed by atoms with Gasteiger partial charge in [-0.2, -0.15) is 0 Å². The Morgan fingerprint density at radius 3 is 2.35 bits per heavy atom. The molecule has 1 aromatic rings. The van der Waals surface area contributed by atoms with Crippen molar-refractivity contribution in [3.63, 3.8) is 0 Å². The Labute approximate surface area is 190 Å². The molecule has 1 aliphatic heterocycles. The van der Waals surface area contributed by atoms with E-state index in [0.717, 1.165) is 37.8 Å². The van der Waals surface area contributed by atoms with Crippen LogP contribution in [-0.2, 0) is 19.2 Å². The number of ether oxygens (including phenoxy) is 2. The molecule has 1 atom stereocenters. The molecule has 0 aliphatic carbocycles. The first-order valence-corrected chi connectivity index (χ1v) is 11.8. The summed E-state index contributed by atoms with van der Waals surface area (Å²) >= 11 is 5.94. The first kappa shape index (κ1) is 25.2. The van der Waals surface area contributed by atoms with Crippen molar-refractivity contribution in [2.75, 3.05) is 6.61 Å². The van der Waals surface area contributed by atoms with Crippen LogP contribution in [-0.4, -0.2) is 30.4 Å². The van der Waals surface area contributed by atoms with E-state index < -0.39 is 12.1 Å². The van der Waals surface area contributed by atoms with E-state index in [0.29, 0.717) is 36.6 Å². The summed E-state index contributed by atoms with van der Waals surface area (Å²) in [6.07, 6.45) is 10.7. The maximum absolute atomic E-state index is 12.3. The topological polar surface area (TPSA) is 74.2 Å². The minimum Gasteiger partial charge on any atom is -0.479 e. The highest BCUT2D eigenvalue weighted by molar-refractivity contribution is 6.30. The van der Waals surface area contributed by atoms with Gasteiger partial charge >= 0.3 is 11.9 Å². The number of cyclic esters (lactones) is 1. The zero-order chi connectivity index (χ0) is 22.3. The molecular weight excluding hydrogens is 418 g/mol. The molecule has 1 aliphatic rings. The number of hydrogen-bond acceptors (Lipinski definition) is 6. The molecule has 2 rings (SSSR count). The van der Waals surface area contributed by atoms with Crippen LogP contribution in [0.15, 0.2) is 29.4 Å². The van der Waals surface area contributed by atoms with Crippen LogP contribution in [0.3, 0.4) is 0 Å². The SMILES string of the molecule is CC(Oc1cccc(Cl)c1)C(=O)O/N=C1/CCCCCCCCCCC(=O)OCCC1. The Balaban J connectivity index is 1.86. The molecule has 0 aromatic heterocycles. The van der Waals surface area contributed by atoms with E-state index in [2.05, 4.69) is 5.16 Å². The van der Waals surface area contributed by atoms with Crippen molar-refractivity contribution in [3.8, 4) is 5.75 Å². The van der Waals surface area contributed by atoms with Gasteiger partial charge in [0, 0.05) is 11.4 Å². The molecule has 1 saturated heterocycles. The summed E-state index contributed by atoms with van der Waals surface area (Å²) in [5.41, 5.74) is 0.812. The fourth-order valence-electron chi connectivity index (χ4n) is 3.39. The monoisotopic (exact) mass is 451 g/mol. The van der Waals surface area contributed by atoms with Crippen LogP contribution >= 0.6 is 11.6 Å². The van der Waals surface area contributed by atoms with Gasteiger partial charge in [0.1, 0.15) is 5.75 Å². The van der Waals surface area contributed by atoms with E-state index in [4.69, 9.17) is 25.9 Å². The average Bonchev–Trinajstić information content (AvgIpc) is 2.74. The Morgan fingerprint density at radius 1 is 1.00 bits per heavy atom. The zero-order valence-corrected chi connectivity index (χ0v) is 19.2. The van der Waals surface area contributed by atoms with Crippen molar-refractivity contribution in [3.05, 3.63) is 29.3 Å². The fraction of sp³-hybridized carbons (Fsp3) is 0.625. The summed E-state index contributed by atoms with van der Waals surface area (Å²) in [5, 5.41) is 4.64. The number of carbonyl (C=O) groups is 2. The van der Waals surface area contributed by atoms with Gasteiger partial charge in [-0.3, -0.25) is 4.79 Å². The second kappa shape index (κ2) is 14.8. The molecule has 31 heavy (non-hydrogen) atoms. The van der Waals surface area contributed by atoms with Gasteiger partial charge in [0.05, 0.1) is 12.3 Å². The maximum atomic E-state index is 12.3. The van der Waals surface area contributed by atoms with Crippen LogP contribution in [0.25, 0.3) is 0 Å². The van der Waals surface area contributed by atoms with Crippen molar-refractivity contribution in [1.29, 1.82) is 0 Å². The van der Waals surface area contributed by atoms with Crippen molar-refractivity contribution in [1.82, 2.24) is 0 Å². The second-order valence-corrected chi connectivity index (χ2v) is 8.37. The number of carbonyl (C=O) groups excluding carboxylic acids is 2. The van der Waals surface area contributed by atoms with Gasteiger partial charge in [-0.05, 0) is 57.2 Å². The number of oxime groups is 1. The van der Waals surface area contributed by atoms with E-state index in [1.54, 1.807) is 31.2 Å². The summed E-state index contributed by atoms with van der Waals surface area (Å²) in [6.45, 7) is 1.97. The minimum absolute atomic E-state index is 0.135. The number of benzene rings is 1. The number of esters is 1. The Hall–Kier alpha value is -2.08. The Morgan fingerprint density at radius 2 is 1.65 bits per heavy atom. The summed E-state index contributed by atoms with van der Waals surface area (Å²) in [6, 6.07) is 6.85. The summed E-state index contributed by atoms with van der Waals surface area (Å²) in [7, 11) is 0. The van der Waals surface area contributed by atoms with Gasteiger partial charge in [-0.1, -0.05) is 61.3 Å². The smallest absolute Gasteiger partial charge is 0.374 e. The third-order valence-corrected chi connectivity index (χ3v) is 5.41. The molecule has 172 valence electrons. The highest BCUT2D eigenvalue weighted by Gasteiger charge is 2.17. The Bertz CT molecular complexity index is 722. The normalized spacial score (nSPS) is 19.9. The van der Waals surface area contributed by atoms with Crippen molar-refractivity contribution >= 4 is 29.3 Å². The number of rotatable bonds is 4. The number of halogens is 1. The third-order valence-electron chi connectivity index (χ3n) is 5.17. The van der Waals surface area contributed by atoms with Gasteiger partial charge in [-0.25, -0.2) is 4.79 Å². The minimum atomic E-state index is -0.810. The van der Waals surface area contributed by atoms with Crippen LogP contribution in [0.4, 0.5) is 0 Å². The molecule has 0 bridgehead atoms. The van der Waals surface area contributed by atoms with E-state index >= 15 is 0 Å². The lowest BCUT2D eigenvalue weighted by Crippen LogP contribution is -2.25. The molecule has 1 heterocycles. The van der Waals surface area contributed by atoms with Gasteiger partial charge in [-0.15, -0.1) is 0 Å². The van der Waals surface area contributed by atoms with E-state index in [1.165, 1.54) is 25.7 Å². The molecule has 1 unspecified atom stereocenters. The highest BCUT2D eigenvalue weighted by atomic mass is 35.5. The largest absolute Gasteiger partial charge is 0.479 e. The molecule has 0 radical (unpaired) electrons. The lowest BCUT2D eigenvalue weighted by Gasteiger charge is -2.13. The molecule has 1 fully saturated rings. The summed E-state index contributed by atoms with van der Waals surface area (Å²) in [5.74, 6) is -0.203. The number of hydrogen-bond donors (Lipinski definition) is 0. The Kier molecular flexibility index (Phi) is 12.1. The molecule has 6 nitrogen and oxygen atoms in total. The van der Waals surface area contributed by atoms with Crippen molar-refractivity contribution in [2.24, 2.45) is 5.16 Å². The van der Waals surface area contributed by atoms with Crippen molar-refractivity contribution < 1.29 is 23.9 Å². The van der Waals surface area contributed by atoms with Gasteiger partial charge in [0.25, 0.3) is 0 Å². The molecule has 1 aromatic carbocycles. The molecular formula is C24H34ClNO5. The second-order valence-electron chi connectivity index (χ2n) is 7.94. The standard InChI is InChI=1S/C24H34ClNO5/c1-19(30-22-15-10-12-20(25)18-22)24(28)31-26-21-13-8-6-4-2-3-5-7-9-16-23(27)29-17-11-14-21/h10,12,15,18-19H,2-9,11,13-14,16-17H2,1H3/b26-21-.